The molecule has 1 nitrogen and oxygen atoms in total. The second kappa shape index (κ2) is 4.86. The van der Waals surface area contributed by atoms with Gasteiger partial charge in [-0.05, 0) is 18.2 Å². The molecule has 0 aliphatic heterocycles. The first-order chi connectivity index (χ1) is 4.74. The van der Waals surface area contributed by atoms with Crippen LogP contribution in [0, 0.1) is 0 Å². The molecule has 0 atom stereocenters. The molecule has 0 aliphatic carbocycles. The summed E-state index contributed by atoms with van der Waals surface area (Å²) in [5.41, 5.74) is 0.941. The van der Waals surface area contributed by atoms with Crippen molar-refractivity contribution in [1.29, 1.82) is 0 Å². The molecule has 0 saturated carbocycles. The Hall–Kier alpha value is 0.0800. The lowest BCUT2D eigenvalue weighted by atomic mass is 10.3. The zero-order valence-corrected chi connectivity index (χ0v) is 9.05. The van der Waals surface area contributed by atoms with Crippen molar-refractivity contribution in [3.8, 4) is 0 Å². The Balaban J connectivity index is 0.000001000. The van der Waals surface area contributed by atoms with Gasteiger partial charge in [-0.3, -0.25) is 0 Å². The molecule has 1 N–H and O–H groups in total. The fourth-order valence-electron chi connectivity index (χ4n) is 0.689. The van der Waals surface area contributed by atoms with Crippen LogP contribution in [0.5, 0.6) is 0 Å². The maximum absolute atomic E-state index is 5.81. The van der Waals surface area contributed by atoms with Gasteiger partial charge in [-0.15, -0.1) is 12.4 Å². The normalized spacial score (nSPS) is 8.64. The van der Waals surface area contributed by atoms with Crippen molar-refractivity contribution in [3.63, 3.8) is 0 Å². The van der Waals surface area contributed by atoms with E-state index in [4.69, 9.17) is 11.6 Å². The van der Waals surface area contributed by atoms with Gasteiger partial charge in [-0.25, -0.2) is 0 Å². The summed E-state index contributed by atoms with van der Waals surface area (Å²) in [6.07, 6.45) is 0. The van der Waals surface area contributed by atoms with Crippen LogP contribution in [-0.4, -0.2) is 7.05 Å². The van der Waals surface area contributed by atoms with E-state index < -0.39 is 0 Å². The molecular formula is C7H8BrCl2N. The van der Waals surface area contributed by atoms with Crippen molar-refractivity contribution in [2.45, 2.75) is 0 Å². The minimum absolute atomic E-state index is 0. The Morgan fingerprint density at radius 2 is 2.09 bits per heavy atom. The molecule has 0 aliphatic rings. The summed E-state index contributed by atoms with van der Waals surface area (Å²) in [6.45, 7) is 0. The van der Waals surface area contributed by atoms with E-state index in [0.29, 0.717) is 0 Å². The second-order valence-electron chi connectivity index (χ2n) is 1.87. The van der Waals surface area contributed by atoms with E-state index in [2.05, 4.69) is 21.2 Å². The molecule has 1 aromatic rings. The molecule has 11 heavy (non-hydrogen) atoms. The Bertz CT molecular complexity index is 240. The SMILES string of the molecule is CNc1cc(Br)ccc1Cl.Cl. The predicted molar refractivity (Wildman–Crippen MR) is 55.9 cm³/mol. The molecule has 4 heteroatoms. The van der Waals surface area contributed by atoms with Gasteiger partial charge in [0.15, 0.2) is 0 Å². The maximum atomic E-state index is 5.81. The maximum Gasteiger partial charge on any atom is 0.0638 e. The van der Waals surface area contributed by atoms with Gasteiger partial charge < -0.3 is 5.32 Å². The highest BCUT2D eigenvalue weighted by Gasteiger charge is 1.96. The summed E-state index contributed by atoms with van der Waals surface area (Å²) in [6, 6.07) is 5.68. The molecule has 0 aromatic heterocycles. The molecule has 0 heterocycles. The van der Waals surface area contributed by atoms with E-state index in [9.17, 15) is 0 Å². The smallest absolute Gasteiger partial charge is 0.0638 e. The minimum atomic E-state index is 0. The van der Waals surface area contributed by atoms with E-state index in [1.165, 1.54) is 0 Å². The number of hydrogen-bond acceptors (Lipinski definition) is 1. The topological polar surface area (TPSA) is 12.0 Å². The van der Waals surface area contributed by atoms with Crippen LogP contribution in [0.2, 0.25) is 5.02 Å². The van der Waals surface area contributed by atoms with E-state index in [0.717, 1.165) is 15.2 Å². The lowest BCUT2D eigenvalue weighted by Crippen LogP contribution is -1.87. The van der Waals surface area contributed by atoms with Crippen molar-refractivity contribution >= 4 is 45.6 Å². The molecule has 62 valence electrons. The van der Waals surface area contributed by atoms with Crippen LogP contribution in [0.25, 0.3) is 0 Å². The summed E-state index contributed by atoms with van der Waals surface area (Å²) in [4.78, 5) is 0. The van der Waals surface area contributed by atoms with Crippen LogP contribution in [0.3, 0.4) is 0 Å². The van der Waals surface area contributed by atoms with E-state index in [1.54, 1.807) is 0 Å². The van der Waals surface area contributed by atoms with Crippen LogP contribution in [-0.2, 0) is 0 Å². The third kappa shape index (κ3) is 2.89. The van der Waals surface area contributed by atoms with Gasteiger partial charge >= 0.3 is 0 Å². The Kier molecular flexibility index (Phi) is 4.89. The third-order valence-corrected chi connectivity index (χ3v) is 2.02. The molecule has 1 rings (SSSR count). The van der Waals surface area contributed by atoms with Gasteiger partial charge in [0.25, 0.3) is 0 Å². The van der Waals surface area contributed by atoms with Crippen molar-refractivity contribution < 1.29 is 0 Å². The van der Waals surface area contributed by atoms with Gasteiger partial charge in [-0.2, -0.15) is 0 Å². The Labute approximate surface area is 85.7 Å². The van der Waals surface area contributed by atoms with Crippen LogP contribution in [0.4, 0.5) is 5.69 Å². The first-order valence-corrected chi connectivity index (χ1v) is 4.04. The molecule has 0 amide bonds. The number of benzene rings is 1. The van der Waals surface area contributed by atoms with E-state index in [-0.39, 0.29) is 12.4 Å². The highest BCUT2D eigenvalue weighted by Crippen LogP contribution is 2.24. The van der Waals surface area contributed by atoms with Crippen molar-refractivity contribution in [2.75, 3.05) is 12.4 Å². The lowest BCUT2D eigenvalue weighted by molar-refractivity contribution is 1.50. The van der Waals surface area contributed by atoms with E-state index in [1.807, 2.05) is 25.2 Å². The molecule has 0 radical (unpaired) electrons. The molecule has 0 saturated heterocycles. The number of anilines is 1. The zero-order valence-electron chi connectivity index (χ0n) is 5.90. The van der Waals surface area contributed by atoms with Crippen molar-refractivity contribution in [3.05, 3.63) is 27.7 Å². The molecule has 1 aromatic carbocycles. The molecule has 0 spiro atoms. The van der Waals surface area contributed by atoms with Crippen molar-refractivity contribution in [1.82, 2.24) is 0 Å². The fraction of sp³-hybridized carbons (Fsp3) is 0.143. The minimum Gasteiger partial charge on any atom is -0.387 e. The van der Waals surface area contributed by atoms with Gasteiger partial charge in [0.2, 0.25) is 0 Å². The molecule has 0 bridgehead atoms. The lowest BCUT2D eigenvalue weighted by Gasteiger charge is -2.01. The van der Waals surface area contributed by atoms with Crippen LogP contribution < -0.4 is 5.32 Å². The quantitative estimate of drug-likeness (QED) is 0.810. The van der Waals surface area contributed by atoms with Gasteiger partial charge in [-0.1, -0.05) is 27.5 Å². The second-order valence-corrected chi connectivity index (χ2v) is 3.20. The summed E-state index contributed by atoms with van der Waals surface area (Å²) in [5, 5.41) is 3.72. The summed E-state index contributed by atoms with van der Waals surface area (Å²) >= 11 is 9.15. The monoisotopic (exact) mass is 255 g/mol. The van der Waals surface area contributed by atoms with E-state index >= 15 is 0 Å². The zero-order chi connectivity index (χ0) is 7.56. The third-order valence-electron chi connectivity index (χ3n) is 1.20. The van der Waals surface area contributed by atoms with Crippen molar-refractivity contribution in [2.24, 2.45) is 0 Å². The van der Waals surface area contributed by atoms with Gasteiger partial charge in [0.1, 0.15) is 0 Å². The first-order valence-electron chi connectivity index (χ1n) is 2.87. The molecule has 0 unspecified atom stereocenters. The average molecular weight is 257 g/mol. The highest BCUT2D eigenvalue weighted by molar-refractivity contribution is 9.10. The number of hydrogen-bond donors (Lipinski definition) is 1. The largest absolute Gasteiger partial charge is 0.387 e. The Morgan fingerprint density at radius 3 is 2.55 bits per heavy atom. The number of rotatable bonds is 1. The Morgan fingerprint density at radius 1 is 1.45 bits per heavy atom. The highest BCUT2D eigenvalue weighted by atomic mass is 79.9. The predicted octanol–water partition coefficient (Wildman–Crippen LogP) is 3.57. The van der Waals surface area contributed by atoms with Crippen LogP contribution >= 0.6 is 39.9 Å². The summed E-state index contributed by atoms with van der Waals surface area (Å²) in [5.74, 6) is 0. The summed E-state index contributed by atoms with van der Waals surface area (Å²) < 4.78 is 1.03. The fourth-order valence-corrected chi connectivity index (χ4v) is 1.26. The first kappa shape index (κ1) is 11.1. The number of nitrogens with one attached hydrogen (secondary N) is 1. The molecule has 0 fully saturated rings. The van der Waals surface area contributed by atoms with Gasteiger partial charge in [0.05, 0.1) is 10.7 Å². The summed E-state index contributed by atoms with van der Waals surface area (Å²) in [7, 11) is 1.84. The average Bonchev–Trinajstić information content (AvgIpc) is 1.94. The van der Waals surface area contributed by atoms with Crippen LogP contribution in [0.15, 0.2) is 22.7 Å². The standard InChI is InChI=1S/C7H7BrClN.ClH/c1-10-7-4-5(8)2-3-6(7)9;/h2-4,10H,1H3;1H. The molecular weight excluding hydrogens is 249 g/mol. The number of halogens is 3. The van der Waals surface area contributed by atoms with Crippen LogP contribution in [0.1, 0.15) is 0 Å². The van der Waals surface area contributed by atoms with Gasteiger partial charge in [0, 0.05) is 11.5 Å².